The van der Waals surface area contributed by atoms with Gasteiger partial charge in [-0.1, -0.05) is 12.1 Å². The van der Waals surface area contributed by atoms with Crippen molar-refractivity contribution in [2.24, 2.45) is 0 Å². The molecule has 0 spiro atoms. The second kappa shape index (κ2) is 9.20. The number of anilines is 3. The molecule has 0 aliphatic carbocycles. The Kier molecular flexibility index (Phi) is 6.94. The van der Waals surface area contributed by atoms with E-state index in [1.54, 1.807) is 36.4 Å². The van der Waals surface area contributed by atoms with Gasteiger partial charge in [-0.15, -0.1) is 0 Å². The molecule has 2 aromatic rings. The van der Waals surface area contributed by atoms with Crippen molar-refractivity contribution in [3.05, 3.63) is 54.1 Å². The van der Waals surface area contributed by atoms with Crippen molar-refractivity contribution < 1.29 is 27.5 Å². The highest BCUT2D eigenvalue weighted by Gasteiger charge is 2.21. The van der Waals surface area contributed by atoms with Crippen molar-refractivity contribution in [1.82, 2.24) is 0 Å². The lowest BCUT2D eigenvalue weighted by Gasteiger charge is -2.15. The maximum atomic E-state index is 12.4. The first-order chi connectivity index (χ1) is 13.5. The van der Waals surface area contributed by atoms with Crippen molar-refractivity contribution in [3.63, 3.8) is 0 Å². The Morgan fingerprint density at radius 3 is 2.03 bits per heavy atom. The minimum atomic E-state index is -3.59. The maximum Gasteiger partial charge on any atom is 0.341 e. The van der Waals surface area contributed by atoms with E-state index in [4.69, 9.17) is 4.74 Å². The minimum Gasteiger partial charge on any atom is -0.449 e. The summed E-state index contributed by atoms with van der Waals surface area (Å²) in [5, 5.41) is 5.20. The standard InChI is InChI=1S/C19H21N3O6S/c1-12(18(24)21-15-10-8-14(9-11-15)20-13(2)23)28-19(25)16-6-4-5-7-17(16)22-29(3,26)27/h4-12,22H,1-3H3,(H,20,23)(H,21,24). The lowest BCUT2D eigenvalue weighted by molar-refractivity contribution is -0.123. The van der Waals surface area contributed by atoms with Gasteiger partial charge in [0.2, 0.25) is 15.9 Å². The smallest absolute Gasteiger partial charge is 0.341 e. The molecule has 3 N–H and O–H groups in total. The molecule has 0 aromatic heterocycles. The van der Waals surface area contributed by atoms with Gasteiger partial charge in [0.25, 0.3) is 5.91 Å². The molecule has 29 heavy (non-hydrogen) atoms. The number of carbonyl (C=O) groups is 3. The number of nitrogens with one attached hydrogen (secondary N) is 3. The highest BCUT2D eigenvalue weighted by Crippen LogP contribution is 2.19. The third-order valence-corrected chi connectivity index (χ3v) is 4.16. The van der Waals surface area contributed by atoms with Crippen LogP contribution in [0.25, 0.3) is 0 Å². The quantitative estimate of drug-likeness (QED) is 0.590. The van der Waals surface area contributed by atoms with Gasteiger partial charge in [0.05, 0.1) is 17.5 Å². The van der Waals surface area contributed by atoms with Crippen LogP contribution in [-0.2, 0) is 24.3 Å². The molecule has 2 aromatic carbocycles. The zero-order valence-corrected chi connectivity index (χ0v) is 16.9. The Morgan fingerprint density at radius 2 is 1.48 bits per heavy atom. The maximum absolute atomic E-state index is 12.4. The molecule has 0 bridgehead atoms. The Labute approximate surface area is 168 Å². The molecule has 0 aliphatic heterocycles. The fourth-order valence-corrected chi connectivity index (χ4v) is 2.89. The SMILES string of the molecule is CC(=O)Nc1ccc(NC(=O)C(C)OC(=O)c2ccccc2NS(C)(=O)=O)cc1. The van der Waals surface area contributed by atoms with Gasteiger partial charge in [-0.2, -0.15) is 0 Å². The van der Waals surface area contributed by atoms with Crippen LogP contribution in [0.3, 0.4) is 0 Å². The molecule has 9 nitrogen and oxygen atoms in total. The van der Waals surface area contributed by atoms with Crippen molar-refractivity contribution in [2.45, 2.75) is 20.0 Å². The highest BCUT2D eigenvalue weighted by molar-refractivity contribution is 7.92. The fraction of sp³-hybridized carbons (Fsp3) is 0.211. The third-order valence-electron chi connectivity index (χ3n) is 3.57. The molecule has 0 heterocycles. The Morgan fingerprint density at radius 1 is 0.931 bits per heavy atom. The van der Waals surface area contributed by atoms with Gasteiger partial charge in [-0.05, 0) is 43.3 Å². The summed E-state index contributed by atoms with van der Waals surface area (Å²) >= 11 is 0. The van der Waals surface area contributed by atoms with E-state index < -0.39 is 28.0 Å². The van der Waals surface area contributed by atoms with Crippen molar-refractivity contribution in [1.29, 1.82) is 0 Å². The zero-order chi connectivity index (χ0) is 21.6. The number of para-hydroxylation sites is 1. The van der Waals surface area contributed by atoms with Crippen molar-refractivity contribution in [2.75, 3.05) is 21.6 Å². The molecule has 0 fully saturated rings. The van der Waals surface area contributed by atoms with E-state index in [9.17, 15) is 22.8 Å². The molecule has 2 rings (SSSR count). The normalized spacial score (nSPS) is 11.8. The summed E-state index contributed by atoms with van der Waals surface area (Å²) in [6.45, 7) is 2.78. The predicted molar refractivity (Wildman–Crippen MR) is 109 cm³/mol. The summed E-state index contributed by atoms with van der Waals surface area (Å²) in [5.41, 5.74) is 1.06. The third kappa shape index (κ3) is 6.92. The molecule has 0 saturated heterocycles. The molecule has 0 radical (unpaired) electrons. The highest BCUT2D eigenvalue weighted by atomic mass is 32.2. The summed E-state index contributed by atoms with van der Waals surface area (Å²) in [6, 6.07) is 12.3. The van der Waals surface area contributed by atoms with Crippen LogP contribution >= 0.6 is 0 Å². The monoisotopic (exact) mass is 419 g/mol. The Balaban J connectivity index is 2.02. The second-order valence-electron chi connectivity index (χ2n) is 6.22. The number of amides is 2. The van der Waals surface area contributed by atoms with E-state index in [2.05, 4.69) is 15.4 Å². The molecule has 2 amide bonds. The molecule has 1 unspecified atom stereocenters. The van der Waals surface area contributed by atoms with Gasteiger partial charge in [0.1, 0.15) is 0 Å². The van der Waals surface area contributed by atoms with Gasteiger partial charge in [0.15, 0.2) is 6.10 Å². The van der Waals surface area contributed by atoms with Crippen LogP contribution < -0.4 is 15.4 Å². The second-order valence-corrected chi connectivity index (χ2v) is 7.96. The molecule has 154 valence electrons. The van der Waals surface area contributed by atoms with Crippen molar-refractivity contribution in [3.8, 4) is 0 Å². The largest absolute Gasteiger partial charge is 0.449 e. The number of carbonyl (C=O) groups excluding carboxylic acids is 3. The first-order valence-electron chi connectivity index (χ1n) is 8.51. The van der Waals surface area contributed by atoms with Crippen LogP contribution in [0.2, 0.25) is 0 Å². The molecule has 10 heteroatoms. The number of hydrogen-bond acceptors (Lipinski definition) is 6. The van der Waals surface area contributed by atoms with Crippen LogP contribution in [0.5, 0.6) is 0 Å². The summed E-state index contributed by atoms with van der Waals surface area (Å²) in [5.74, 6) is -1.63. The fourth-order valence-electron chi connectivity index (χ4n) is 2.31. The van der Waals surface area contributed by atoms with E-state index >= 15 is 0 Å². The Hall–Kier alpha value is -3.40. The molecule has 1 atom stereocenters. The van der Waals surface area contributed by atoms with Crippen molar-refractivity contribution >= 4 is 44.9 Å². The van der Waals surface area contributed by atoms with E-state index in [1.807, 2.05) is 0 Å². The summed E-state index contributed by atoms with van der Waals surface area (Å²) in [4.78, 5) is 35.7. The Bertz CT molecular complexity index is 1020. The first-order valence-corrected chi connectivity index (χ1v) is 10.4. The molecule has 0 aliphatic rings. The average Bonchev–Trinajstić information content (AvgIpc) is 2.61. The summed E-state index contributed by atoms with van der Waals surface area (Å²) < 4.78 is 30.3. The van der Waals surface area contributed by atoms with Crippen LogP contribution in [0.15, 0.2) is 48.5 Å². The van der Waals surface area contributed by atoms with E-state index in [1.165, 1.54) is 26.0 Å². The lowest BCUT2D eigenvalue weighted by Crippen LogP contribution is -2.30. The van der Waals surface area contributed by atoms with E-state index in [-0.39, 0.29) is 17.2 Å². The number of sulfonamides is 1. The predicted octanol–water partition coefficient (Wildman–Crippen LogP) is 2.20. The van der Waals surface area contributed by atoms with Crippen LogP contribution in [0.4, 0.5) is 17.1 Å². The van der Waals surface area contributed by atoms with Gasteiger partial charge in [0, 0.05) is 18.3 Å². The van der Waals surface area contributed by atoms with Gasteiger partial charge in [-0.25, -0.2) is 13.2 Å². The number of ether oxygens (including phenoxy) is 1. The van der Waals surface area contributed by atoms with Crippen LogP contribution in [0, 0.1) is 0 Å². The first kappa shape index (κ1) is 21.9. The molecular weight excluding hydrogens is 398 g/mol. The minimum absolute atomic E-state index is 0.0164. The zero-order valence-electron chi connectivity index (χ0n) is 16.1. The van der Waals surface area contributed by atoms with Gasteiger partial charge >= 0.3 is 5.97 Å². The molecular formula is C19H21N3O6S. The van der Waals surface area contributed by atoms with E-state index in [0.29, 0.717) is 11.4 Å². The van der Waals surface area contributed by atoms with Gasteiger partial charge in [-0.3, -0.25) is 14.3 Å². The van der Waals surface area contributed by atoms with Crippen LogP contribution in [0.1, 0.15) is 24.2 Å². The van der Waals surface area contributed by atoms with E-state index in [0.717, 1.165) is 6.26 Å². The lowest BCUT2D eigenvalue weighted by atomic mass is 10.2. The number of rotatable bonds is 7. The van der Waals surface area contributed by atoms with Crippen LogP contribution in [-0.4, -0.2) is 38.6 Å². The average molecular weight is 419 g/mol. The molecule has 0 saturated carbocycles. The number of esters is 1. The summed E-state index contributed by atoms with van der Waals surface area (Å²) in [6.07, 6.45) is -0.175. The topological polar surface area (TPSA) is 131 Å². The summed E-state index contributed by atoms with van der Waals surface area (Å²) in [7, 11) is -3.59. The number of hydrogen-bond donors (Lipinski definition) is 3. The number of benzene rings is 2. The van der Waals surface area contributed by atoms with Gasteiger partial charge < -0.3 is 15.4 Å².